The average molecular weight is 425 g/mol. The molecule has 2 saturated heterocycles. The summed E-state index contributed by atoms with van der Waals surface area (Å²) in [6, 6.07) is 0. The van der Waals surface area contributed by atoms with Gasteiger partial charge in [-0.3, -0.25) is 9.59 Å². The molecule has 1 aliphatic carbocycles. The molecule has 0 radical (unpaired) electrons. The molecule has 2 amide bonds. The second kappa shape index (κ2) is 11.5. The van der Waals surface area contributed by atoms with Gasteiger partial charge in [-0.15, -0.1) is 0 Å². The lowest BCUT2D eigenvalue weighted by molar-refractivity contribution is -0.144. The summed E-state index contributed by atoms with van der Waals surface area (Å²) in [5.41, 5.74) is 0. The van der Waals surface area contributed by atoms with E-state index in [1.807, 2.05) is 4.90 Å². The molecule has 1 atom stereocenters. The molecule has 3 rings (SSSR count). The van der Waals surface area contributed by atoms with E-state index in [2.05, 4.69) is 27.7 Å². The van der Waals surface area contributed by atoms with Crippen LogP contribution in [0.4, 0.5) is 0 Å². The summed E-state index contributed by atoms with van der Waals surface area (Å²) in [4.78, 5) is 27.3. The summed E-state index contributed by atoms with van der Waals surface area (Å²) in [5.74, 6) is 3.26. The van der Waals surface area contributed by atoms with E-state index >= 15 is 0 Å². The maximum atomic E-state index is 12.1. The molecule has 3 aliphatic rings. The van der Waals surface area contributed by atoms with Gasteiger partial charge in [0, 0.05) is 32.1 Å². The first-order valence-corrected chi connectivity index (χ1v) is 12.0. The smallest absolute Gasteiger partial charge is 0.251 e. The maximum Gasteiger partial charge on any atom is 0.251 e. The van der Waals surface area contributed by atoms with Crippen LogP contribution in [-0.4, -0.2) is 70.2 Å². The Hall–Kier alpha value is -1.14. The highest BCUT2D eigenvalue weighted by Crippen LogP contribution is 2.30. The molecule has 0 aromatic heterocycles. The highest BCUT2D eigenvalue weighted by Gasteiger charge is 2.36. The normalized spacial score (nSPS) is 26.8. The Morgan fingerprint density at radius 1 is 0.767 bits per heavy atom. The van der Waals surface area contributed by atoms with Gasteiger partial charge >= 0.3 is 0 Å². The number of aliphatic hydroxyl groups excluding tert-OH is 2. The van der Waals surface area contributed by atoms with Crippen molar-refractivity contribution in [2.75, 3.05) is 26.2 Å². The molecule has 6 nitrogen and oxygen atoms in total. The number of rotatable bonds is 4. The average Bonchev–Trinajstić information content (AvgIpc) is 2.67. The molecule has 0 spiro atoms. The van der Waals surface area contributed by atoms with E-state index in [-0.39, 0.29) is 17.9 Å². The first-order valence-electron chi connectivity index (χ1n) is 12.0. The predicted molar refractivity (Wildman–Crippen MR) is 119 cm³/mol. The van der Waals surface area contributed by atoms with Crippen molar-refractivity contribution in [1.29, 1.82) is 0 Å². The molecule has 3 fully saturated rings. The van der Waals surface area contributed by atoms with Crippen molar-refractivity contribution in [3.63, 3.8) is 0 Å². The largest absolute Gasteiger partial charge is 0.393 e. The van der Waals surface area contributed by atoms with Gasteiger partial charge < -0.3 is 20.0 Å². The molecule has 1 unspecified atom stereocenters. The highest BCUT2D eigenvalue weighted by atomic mass is 16.3. The van der Waals surface area contributed by atoms with Crippen molar-refractivity contribution >= 4 is 11.8 Å². The molecule has 30 heavy (non-hydrogen) atoms. The maximum absolute atomic E-state index is 12.1. The number of hydrogen-bond acceptors (Lipinski definition) is 4. The topological polar surface area (TPSA) is 81.1 Å². The lowest BCUT2D eigenvalue weighted by atomic mass is 9.83. The van der Waals surface area contributed by atoms with E-state index in [1.165, 1.54) is 6.92 Å². The number of piperidine rings is 1. The number of hydrogen-bond donors (Lipinski definition) is 2. The van der Waals surface area contributed by atoms with Crippen LogP contribution in [0.3, 0.4) is 0 Å². The van der Waals surface area contributed by atoms with Gasteiger partial charge in [0.2, 0.25) is 5.91 Å². The zero-order chi connectivity index (χ0) is 22.4. The van der Waals surface area contributed by atoms with Gasteiger partial charge in [0.05, 0.1) is 6.10 Å². The van der Waals surface area contributed by atoms with Crippen LogP contribution < -0.4 is 0 Å². The summed E-state index contributed by atoms with van der Waals surface area (Å²) in [6.45, 7) is 14.0. The van der Waals surface area contributed by atoms with Crippen LogP contribution in [0.15, 0.2) is 0 Å². The van der Waals surface area contributed by atoms with E-state index in [0.29, 0.717) is 23.7 Å². The summed E-state index contributed by atoms with van der Waals surface area (Å²) in [7, 11) is 0. The summed E-state index contributed by atoms with van der Waals surface area (Å²) < 4.78 is 0. The molecule has 2 aliphatic heterocycles. The minimum atomic E-state index is -0.842. The lowest BCUT2D eigenvalue weighted by Crippen LogP contribution is -2.54. The Labute approximate surface area is 183 Å². The minimum Gasteiger partial charge on any atom is -0.393 e. The summed E-state index contributed by atoms with van der Waals surface area (Å²) in [5, 5.41) is 18.6. The molecule has 1 saturated carbocycles. The molecular weight excluding hydrogens is 380 g/mol. The summed E-state index contributed by atoms with van der Waals surface area (Å²) in [6.07, 6.45) is 4.52. The number of nitrogens with zero attached hydrogens (tertiary/aromatic N) is 2. The lowest BCUT2D eigenvalue weighted by Gasteiger charge is -2.43. The zero-order valence-corrected chi connectivity index (χ0v) is 19.7. The third-order valence-electron chi connectivity index (χ3n) is 7.36. The zero-order valence-electron chi connectivity index (χ0n) is 19.7. The van der Waals surface area contributed by atoms with Crippen LogP contribution in [0.25, 0.3) is 0 Å². The van der Waals surface area contributed by atoms with Gasteiger partial charge in [-0.1, -0.05) is 27.7 Å². The third-order valence-corrected chi connectivity index (χ3v) is 7.36. The Kier molecular flexibility index (Phi) is 9.61. The van der Waals surface area contributed by atoms with E-state index in [1.54, 1.807) is 4.90 Å². The molecule has 2 N–H and O–H groups in total. The molecule has 174 valence electrons. The second-order valence-corrected chi connectivity index (χ2v) is 10.3. The Morgan fingerprint density at radius 2 is 1.27 bits per heavy atom. The number of aliphatic hydroxyl groups is 2. The molecule has 2 heterocycles. The molecule has 0 aromatic carbocycles. The molecule has 6 heteroatoms. The molecule has 0 aromatic rings. The van der Waals surface area contributed by atoms with Crippen molar-refractivity contribution in [3.05, 3.63) is 0 Å². The fourth-order valence-corrected chi connectivity index (χ4v) is 4.75. The Morgan fingerprint density at radius 3 is 1.70 bits per heavy atom. The number of carbonyl (C=O) groups is 2. The van der Waals surface area contributed by atoms with Crippen LogP contribution >= 0.6 is 0 Å². The third kappa shape index (κ3) is 6.94. The van der Waals surface area contributed by atoms with Gasteiger partial charge in [0.15, 0.2) is 0 Å². The van der Waals surface area contributed by atoms with Crippen molar-refractivity contribution < 1.29 is 19.8 Å². The quantitative estimate of drug-likeness (QED) is 0.727. The first kappa shape index (κ1) is 25.1. The predicted octanol–water partition coefficient (Wildman–Crippen LogP) is 2.91. The van der Waals surface area contributed by atoms with Crippen LogP contribution in [0.5, 0.6) is 0 Å². The van der Waals surface area contributed by atoms with Crippen LogP contribution in [0, 0.1) is 29.6 Å². The molecule has 0 bridgehead atoms. The van der Waals surface area contributed by atoms with Crippen LogP contribution in [0.1, 0.15) is 73.1 Å². The van der Waals surface area contributed by atoms with Crippen molar-refractivity contribution in [2.24, 2.45) is 29.6 Å². The fourth-order valence-electron chi connectivity index (χ4n) is 4.75. The van der Waals surface area contributed by atoms with Crippen molar-refractivity contribution in [3.8, 4) is 0 Å². The Bertz CT molecular complexity index is 541. The van der Waals surface area contributed by atoms with Gasteiger partial charge in [-0.2, -0.15) is 0 Å². The number of carbonyl (C=O) groups excluding carboxylic acids is 2. The Balaban J connectivity index is 0.000000216. The van der Waals surface area contributed by atoms with Gasteiger partial charge in [0.25, 0.3) is 5.91 Å². The number of likely N-dealkylation sites (tertiary alicyclic amines) is 2. The SMILES string of the molecule is CC(C)C1CN(C(=O)C2CCC(O)CC2)C1.CC(O)C(=O)N1CCC(C(C)C)CC1. The fraction of sp³-hybridized carbons (Fsp3) is 0.917. The molecular formula is C24H44N2O4. The van der Waals surface area contributed by atoms with E-state index in [0.717, 1.165) is 70.6 Å². The van der Waals surface area contributed by atoms with Gasteiger partial charge in [-0.25, -0.2) is 0 Å². The van der Waals surface area contributed by atoms with E-state index in [9.17, 15) is 14.7 Å². The monoisotopic (exact) mass is 424 g/mol. The standard InChI is InChI=1S/C13H23NO2.C11H21NO2/c1-9(2)11-7-14(8-11)13(16)10-3-5-12(15)6-4-10;1-8(2)10-4-6-12(7-5-10)11(14)9(3)13/h9-12,15H,3-8H2,1-2H3;8-10,13H,4-7H2,1-3H3. The van der Waals surface area contributed by atoms with Crippen molar-refractivity contribution in [2.45, 2.75) is 85.4 Å². The van der Waals surface area contributed by atoms with Gasteiger partial charge in [0.1, 0.15) is 6.10 Å². The van der Waals surface area contributed by atoms with Crippen LogP contribution in [-0.2, 0) is 9.59 Å². The van der Waals surface area contributed by atoms with E-state index in [4.69, 9.17) is 5.11 Å². The minimum absolute atomic E-state index is 0.118. The number of amides is 2. The van der Waals surface area contributed by atoms with Crippen LogP contribution in [0.2, 0.25) is 0 Å². The highest BCUT2D eigenvalue weighted by molar-refractivity contribution is 5.80. The van der Waals surface area contributed by atoms with E-state index < -0.39 is 6.10 Å². The second-order valence-electron chi connectivity index (χ2n) is 10.3. The van der Waals surface area contributed by atoms with Gasteiger partial charge in [-0.05, 0) is 69.1 Å². The summed E-state index contributed by atoms with van der Waals surface area (Å²) >= 11 is 0. The first-order chi connectivity index (χ1) is 14.1. The van der Waals surface area contributed by atoms with Crippen molar-refractivity contribution in [1.82, 2.24) is 9.80 Å².